The molecule has 5 nitrogen and oxygen atoms in total. The van der Waals surface area contributed by atoms with E-state index >= 15 is 0 Å². The van der Waals surface area contributed by atoms with Gasteiger partial charge in [-0.05, 0) is 29.8 Å². The Balaban J connectivity index is 3.16. The molecule has 0 radical (unpaired) electrons. The maximum atomic E-state index is 11.6. The van der Waals surface area contributed by atoms with E-state index in [1.54, 1.807) is 7.05 Å². The van der Waals surface area contributed by atoms with E-state index in [2.05, 4.69) is 26.2 Å². The average Bonchev–Trinajstić information content (AvgIpc) is 2.28. The van der Waals surface area contributed by atoms with E-state index in [1.165, 1.54) is 18.5 Å². The van der Waals surface area contributed by atoms with Crippen molar-refractivity contribution in [2.45, 2.75) is 19.4 Å². The minimum atomic E-state index is -1.40. The van der Waals surface area contributed by atoms with E-state index in [1.807, 2.05) is 0 Å². The first kappa shape index (κ1) is 10.3. The second kappa shape index (κ2) is 3.19. The van der Waals surface area contributed by atoms with Crippen LogP contribution in [-0.2, 0) is 7.05 Å². The van der Waals surface area contributed by atoms with Gasteiger partial charge in [-0.1, -0.05) is 5.21 Å². The highest BCUT2D eigenvalue weighted by atomic mass is 79.9. The Hall–Kier alpha value is -0.750. The molecule has 1 heterocycles. The molecule has 1 aromatic rings. The molecule has 1 aromatic heterocycles. The molecule has 72 valence electrons. The standard InChI is InChI=1S/C7H10BrN3O2/c1-7(2,13)5(12)4-6(8)9-10-11(4)3/h13H,1-3H3. The van der Waals surface area contributed by atoms with Crippen LogP contribution >= 0.6 is 15.9 Å². The highest BCUT2D eigenvalue weighted by Crippen LogP contribution is 2.18. The number of hydrogen-bond donors (Lipinski definition) is 1. The predicted molar refractivity (Wildman–Crippen MR) is 49.3 cm³/mol. The molecule has 0 aliphatic carbocycles. The van der Waals surface area contributed by atoms with Gasteiger partial charge in [0.1, 0.15) is 11.3 Å². The molecule has 1 N–H and O–H groups in total. The number of Topliss-reactive ketones (excluding diaryl/α,β-unsaturated/α-hetero) is 1. The zero-order valence-corrected chi connectivity index (χ0v) is 9.16. The molecule has 0 aliphatic rings. The lowest BCUT2D eigenvalue weighted by molar-refractivity contribution is 0.0476. The Morgan fingerprint density at radius 3 is 2.46 bits per heavy atom. The highest BCUT2D eigenvalue weighted by molar-refractivity contribution is 9.10. The molecule has 0 unspecified atom stereocenters. The lowest BCUT2D eigenvalue weighted by Crippen LogP contribution is -2.32. The molecule has 0 saturated heterocycles. The summed E-state index contributed by atoms with van der Waals surface area (Å²) in [6.07, 6.45) is 0. The molecule has 0 aromatic carbocycles. The van der Waals surface area contributed by atoms with Gasteiger partial charge in [-0.2, -0.15) is 0 Å². The largest absolute Gasteiger partial charge is 0.382 e. The van der Waals surface area contributed by atoms with Gasteiger partial charge in [0.05, 0.1) is 0 Å². The SMILES string of the molecule is Cn1nnc(Br)c1C(=O)C(C)(C)O. The zero-order chi connectivity index (χ0) is 10.2. The number of carbonyl (C=O) groups excluding carboxylic acids is 1. The van der Waals surface area contributed by atoms with Gasteiger partial charge in [0.15, 0.2) is 4.60 Å². The van der Waals surface area contributed by atoms with Gasteiger partial charge in [0.2, 0.25) is 5.78 Å². The molecule has 6 heteroatoms. The maximum absolute atomic E-state index is 11.6. The fraction of sp³-hybridized carbons (Fsp3) is 0.571. The number of nitrogens with zero attached hydrogens (tertiary/aromatic N) is 3. The number of aliphatic hydroxyl groups is 1. The van der Waals surface area contributed by atoms with Crippen molar-refractivity contribution in [1.29, 1.82) is 0 Å². The normalized spacial score (nSPS) is 11.8. The summed E-state index contributed by atoms with van der Waals surface area (Å²) < 4.78 is 1.67. The fourth-order valence-electron chi connectivity index (χ4n) is 0.862. The molecule has 0 fully saturated rings. The Morgan fingerprint density at radius 1 is 1.62 bits per heavy atom. The van der Waals surface area contributed by atoms with Crippen LogP contribution in [0, 0.1) is 0 Å². The van der Waals surface area contributed by atoms with Gasteiger partial charge in [-0.15, -0.1) is 5.10 Å². The van der Waals surface area contributed by atoms with Crippen LogP contribution in [0.25, 0.3) is 0 Å². The summed E-state index contributed by atoms with van der Waals surface area (Å²) in [4.78, 5) is 11.6. The van der Waals surface area contributed by atoms with Crippen molar-refractivity contribution in [3.05, 3.63) is 10.3 Å². The molecule has 0 atom stereocenters. The van der Waals surface area contributed by atoms with Crippen LogP contribution in [0.4, 0.5) is 0 Å². The minimum absolute atomic E-state index is 0.271. The third-order valence-corrected chi connectivity index (χ3v) is 2.09. The van der Waals surface area contributed by atoms with Gasteiger partial charge >= 0.3 is 0 Å². The Bertz CT molecular complexity index is 320. The van der Waals surface area contributed by atoms with Gasteiger partial charge in [0, 0.05) is 7.05 Å². The molecule has 0 saturated carbocycles. The van der Waals surface area contributed by atoms with Crippen LogP contribution in [0.15, 0.2) is 4.60 Å². The third-order valence-electron chi connectivity index (χ3n) is 1.56. The highest BCUT2D eigenvalue weighted by Gasteiger charge is 2.30. The van der Waals surface area contributed by atoms with E-state index in [9.17, 15) is 9.90 Å². The first-order chi connectivity index (χ1) is 5.84. The van der Waals surface area contributed by atoms with E-state index in [-0.39, 0.29) is 5.69 Å². The summed E-state index contributed by atoms with van der Waals surface area (Å²) in [5.74, 6) is -0.410. The van der Waals surface area contributed by atoms with Crippen molar-refractivity contribution < 1.29 is 9.90 Å². The van der Waals surface area contributed by atoms with Crippen LogP contribution < -0.4 is 0 Å². The van der Waals surface area contributed by atoms with Gasteiger partial charge < -0.3 is 5.11 Å². The van der Waals surface area contributed by atoms with Gasteiger partial charge in [-0.3, -0.25) is 4.79 Å². The number of carbonyl (C=O) groups is 1. The molecule has 0 spiro atoms. The van der Waals surface area contributed by atoms with Crippen LogP contribution in [0.1, 0.15) is 24.3 Å². The molecule has 0 bridgehead atoms. The predicted octanol–water partition coefficient (Wildman–Crippen LogP) is 0.531. The van der Waals surface area contributed by atoms with E-state index in [4.69, 9.17) is 0 Å². The Kier molecular flexibility index (Phi) is 2.53. The topological polar surface area (TPSA) is 68.0 Å². The summed E-state index contributed by atoms with van der Waals surface area (Å²) in [7, 11) is 1.59. The fourth-order valence-corrected chi connectivity index (χ4v) is 1.37. The van der Waals surface area contributed by atoms with E-state index < -0.39 is 11.4 Å². The van der Waals surface area contributed by atoms with Crippen molar-refractivity contribution in [2.24, 2.45) is 7.05 Å². The number of aromatic nitrogens is 3. The zero-order valence-electron chi connectivity index (χ0n) is 7.58. The summed E-state index contributed by atoms with van der Waals surface area (Å²) in [5.41, 5.74) is -1.13. The number of rotatable bonds is 2. The van der Waals surface area contributed by atoms with Crippen LogP contribution in [-0.4, -0.2) is 31.5 Å². The molecule has 0 amide bonds. The smallest absolute Gasteiger partial charge is 0.214 e. The monoisotopic (exact) mass is 247 g/mol. The van der Waals surface area contributed by atoms with Gasteiger partial charge in [-0.25, -0.2) is 4.68 Å². The van der Waals surface area contributed by atoms with Crippen LogP contribution in [0.5, 0.6) is 0 Å². The number of halogens is 1. The van der Waals surface area contributed by atoms with Crippen molar-refractivity contribution in [3.63, 3.8) is 0 Å². The second-order valence-electron chi connectivity index (χ2n) is 3.24. The number of aryl methyl sites for hydroxylation is 1. The molecular weight excluding hydrogens is 238 g/mol. The first-order valence-corrected chi connectivity index (χ1v) is 4.45. The lowest BCUT2D eigenvalue weighted by atomic mass is 10.0. The summed E-state index contributed by atoms with van der Waals surface area (Å²) in [6.45, 7) is 2.85. The first-order valence-electron chi connectivity index (χ1n) is 3.66. The Morgan fingerprint density at radius 2 is 2.15 bits per heavy atom. The maximum Gasteiger partial charge on any atom is 0.214 e. The lowest BCUT2D eigenvalue weighted by Gasteiger charge is -2.14. The quantitative estimate of drug-likeness (QED) is 0.775. The molecular formula is C7H10BrN3O2. The van der Waals surface area contributed by atoms with Crippen molar-refractivity contribution >= 4 is 21.7 Å². The molecule has 13 heavy (non-hydrogen) atoms. The average molecular weight is 248 g/mol. The van der Waals surface area contributed by atoms with E-state index in [0.29, 0.717) is 4.60 Å². The van der Waals surface area contributed by atoms with Crippen molar-refractivity contribution in [1.82, 2.24) is 15.0 Å². The third kappa shape index (κ3) is 1.94. The van der Waals surface area contributed by atoms with Crippen molar-refractivity contribution in [2.75, 3.05) is 0 Å². The summed E-state index contributed by atoms with van der Waals surface area (Å²) >= 11 is 3.08. The number of hydrogen-bond acceptors (Lipinski definition) is 4. The number of ketones is 1. The van der Waals surface area contributed by atoms with Crippen LogP contribution in [0.2, 0.25) is 0 Å². The van der Waals surface area contributed by atoms with Crippen LogP contribution in [0.3, 0.4) is 0 Å². The summed E-state index contributed by atoms with van der Waals surface area (Å²) in [6, 6.07) is 0. The molecule has 0 aliphatic heterocycles. The van der Waals surface area contributed by atoms with Gasteiger partial charge in [0.25, 0.3) is 0 Å². The molecule has 1 rings (SSSR count). The Labute approximate surface area is 83.9 Å². The van der Waals surface area contributed by atoms with Crippen molar-refractivity contribution in [3.8, 4) is 0 Å². The minimum Gasteiger partial charge on any atom is -0.382 e. The summed E-state index contributed by atoms with van der Waals surface area (Å²) in [5, 5.41) is 16.8. The van der Waals surface area contributed by atoms with E-state index in [0.717, 1.165) is 0 Å². The second-order valence-corrected chi connectivity index (χ2v) is 3.99.